The van der Waals surface area contributed by atoms with E-state index < -0.39 is 11.6 Å². The number of benzene rings is 2. The Bertz CT molecular complexity index is 1430. The van der Waals surface area contributed by atoms with Crippen LogP contribution in [-0.2, 0) is 0 Å². The molecule has 10 heteroatoms. The van der Waals surface area contributed by atoms with Crippen molar-refractivity contribution in [2.45, 2.75) is 6.04 Å². The van der Waals surface area contributed by atoms with Gasteiger partial charge in [0.1, 0.15) is 28.5 Å². The van der Waals surface area contributed by atoms with Crippen LogP contribution in [0, 0.1) is 11.6 Å². The van der Waals surface area contributed by atoms with Gasteiger partial charge >= 0.3 is 0 Å². The number of halogens is 2. The first-order valence-corrected chi connectivity index (χ1v) is 11.4. The van der Waals surface area contributed by atoms with Gasteiger partial charge in [-0.2, -0.15) is 0 Å². The molecule has 1 aliphatic heterocycles. The first-order valence-electron chi connectivity index (χ1n) is 11.4. The molecule has 0 spiro atoms. The highest BCUT2D eigenvalue weighted by atomic mass is 19.1. The molecule has 2 aromatic heterocycles. The molecule has 4 aromatic rings. The second kappa shape index (κ2) is 9.54. The van der Waals surface area contributed by atoms with Crippen molar-refractivity contribution in [1.29, 1.82) is 0 Å². The number of fused-ring (bicyclic) bond motifs is 1. The van der Waals surface area contributed by atoms with E-state index in [9.17, 15) is 8.78 Å². The van der Waals surface area contributed by atoms with Gasteiger partial charge in [0, 0.05) is 48.4 Å². The molecule has 0 unspecified atom stereocenters. The number of aromatic nitrogens is 3. The van der Waals surface area contributed by atoms with Gasteiger partial charge in [-0.15, -0.1) is 0 Å². The smallest absolute Gasteiger partial charge is 0.228 e. The van der Waals surface area contributed by atoms with Crippen molar-refractivity contribution in [3.63, 3.8) is 0 Å². The van der Waals surface area contributed by atoms with E-state index in [2.05, 4.69) is 44.2 Å². The molecule has 0 aliphatic carbocycles. The van der Waals surface area contributed by atoms with Crippen molar-refractivity contribution >= 4 is 28.2 Å². The second-order valence-corrected chi connectivity index (χ2v) is 8.80. The fourth-order valence-electron chi connectivity index (χ4n) is 4.21. The van der Waals surface area contributed by atoms with Crippen LogP contribution >= 0.6 is 0 Å². The molecule has 0 saturated carbocycles. The lowest BCUT2D eigenvalue weighted by atomic mass is 10.1. The van der Waals surface area contributed by atoms with E-state index in [1.165, 1.54) is 12.3 Å². The summed E-state index contributed by atoms with van der Waals surface area (Å²) in [5.74, 6) is 0.334. The van der Waals surface area contributed by atoms with Gasteiger partial charge in [0.15, 0.2) is 5.82 Å². The van der Waals surface area contributed by atoms with Crippen LogP contribution in [0.25, 0.3) is 22.2 Å². The summed E-state index contributed by atoms with van der Waals surface area (Å²) in [7, 11) is 7.32. The average molecular weight is 493 g/mol. The fourth-order valence-corrected chi connectivity index (χ4v) is 4.21. The minimum absolute atomic E-state index is 0.0454. The Morgan fingerprint density at radius 1 is 0.972 bits per heavy atom. The molecule has 0 radical (unpaired) electrons. The number of methoxy groups -OCH3 is 2. The summed E-state index contributed by atoms with van der Waals surface area (Å²) in [6.07, 6.45) is 2.48. The van der Waals surface area contributed by atoms with Crippen molar-refractivity contribution in [2.75, 3.05) is 51.6 Å². The molecule has 36 heavy (non-hydrogen) atoms. The predicted octanol–water partition coefficient (Wildman–Crippen LogP) is 4.48. The van der Waals surface area contributed by atoms with Crippen LogP contribution in [0.2, 0.25) is 0 Å². The van der Waals surface area contributed by atoms with Crippen LogP contribution in [0.3, 0.4) is 0 Å². The topological polar surface area (TPSA) is 75.6 Å². The highest BCUT2D eigenvalue weighted by Crippen LogP contribution is 2.41. The normalized spacial score (nSPS) is 13.7. The largest absolute Gasteiger partial charge is 0.494 e. The molecule has 186 valence electrons. The Hall–Kier alpha value is -4.05. The molecule has 1 aliphatic rings. The summed E-state index contributed by atoms with van der Waals surface area (Å²) < 4.78 is 40.0. The van der Waals surface area contributed by atoms with E-state index in [1.807, 2.05) is 12.1 Å². The third kappa shape index (κ3) is 4.35. The summed E-state index contributed by atoms with van der Waals surface area (Å²) >= 11 is 0. The van der Waals surface area contributed by atoms with Crippen LogP contribution in [0.15, 0.2) is 48.8 Å². The van der Waals surface area contributed by atoms with Gasteiger partial charge in [0.05, 0.1) is 31.8 Å². The summed E-state index contributed by atoms with van der Waals surface area (Å²) in [6.45, 7) is 1.76. The zero-order valence-corrected chi connectivity index (χ0v) is 20.4. The number of likely N-dealkylation sites (N-methyl/N-ethyl adjacent to an activating group) is 1. The third-order valence-electron chi connectivity index (χ3n) is 6.36. The van der Waals surface area contributed by atoms with Gasteiger partial charge < -0.3 is 24.6 Å². The molecule has 0 atom stereocenters. The van der Waals surface area contributed by atoms with Gasteiger partial charge in [-0.25, -0.2) is 18.7 Å². The highest BCUT2D eigenvalue weighted by Gasteiger charge is 2.31. The first kappa shape index (κ1) is 23.7. The van der Waals surface area contributed by atoms with Crippen LogP contribution < -0.4 is 19.7 Å². The number of para-hydroxylation sites is 1. The van der Waals surface area contributed by atoms with Crippen LogP contribution in [-0.4, -0.2) is 67.3 Å². The zero-order valence-electron chi connectivity index (χ0n) is 20.4. The Labute approximate surface area is 207 Å². The van der Waals surface area contributed by atoms with Gasteiger partial charge in [-0.1, -0.05) is 12.1 Å². The van der Waals surface area contributed by atoms with Gasteiger partial charge in [0.25, 0.3) is 0 Å². The Balaban J connectivity index is 1.46. The molecule has 3 heterocycles. The number of rotatable bonds is 7. The number of nitrogens with one attached hydrogen (secondary N) is 1. The van der Waals surface area contributed by atoms with Crippen LogP contribution in [0.5, 0.6) is 11.5 Å². The third-order valence-corrected chi connectivity index (χ3v) is 6.36. The lowest BCUT2D eigenvalue weighted by Crippen LogP contribution is -2.57. The van der Waals surface area contributed by atoms with Crippen molar-refractivity contribution in [3.8, 4) is 22.8 Å². The van der Waals surface area contributed by atoms with E-state index in [4.69, 9.17) is 9.47 Å². The SMILES string of the molecule is COc1cc(N2CC(N(C)C)C2)c(OC)cc1Nc1ncc(F)c(-c2cnc3c(F)cccc3c2)n1. The van der Waals surface area contributed by atoms with Crippen LogP contribution in [0.4, 0.5) is 26.1 Å². The summed E-state index contributed by atoms with van der Waals surface area (Å²) in [4.78, 5) is 17.0. The van der Waals surface area contributed by atoms with Crippen LogP contribution in [0.1, 0.15) is 0 Å². The number of pyridine rings is 1. The molecular weight excluding hydrogens is 466 g/mol. The summed E-state index contributed by atoms with van der Waals surface area (Å²) in [6, 6.07) is 10.5. The molecule has 1 fully saturated rings. The lowest BCUT2D eigenvalue weighted by molar-refractivity contribution is 0.245. The molecule has 0 amide bonds. The molecule has 0 bridgehead atoms. The van der Waals surface area contributed by atoms with Crippen molar-refractivity contribution in [3.05, 3.63) is 60.4 Å². The van der Waals surface area contributed by atoms with E-state index in [0.29, 0.717) is 34.2 Å². The molecular formula is C26H26F2N6O2. The van der Waals surface area contributed by atoms with E-state index >= 15 is 0 Å². The summed E-state index contributed by atoms with van der Waals surface area (Å²) in [5, 5.41) is 3.66. The predicted molar refractivity (Wildman–Crippen MR) is 135 cm³/mol. The molecule has 8 nitrogen and oxygen atoms in total. The fraction of sp³-hybridized carbons (Fsp3) is 0.269. The number of anilines is 3. The zero-order chi connectivity index (χ0) is 25.4. The lowest BCUT2D eigenvalue weighted by Gasteiger charge is -2.44. The van der Waals surface area contributed by atoms with E-state index in [-0.39, 0.29) is 17.2 Å². The van der Waals surface area contributed by atoms with Gasteiger partial charge in [-0.05, 0) is 26.2 Å². The van der Waals surface area contributed by atoms with Crippen molar-refractivity contribution in [1.82, 2.24) is 19.9 Å². The first-order chi connectivity index (χ1) is 17.4. The Morgan fingerprint density at radius 3 is 2.47 bits per heavy atom. The number of ether oxygens (including phenoxy) is 2. The van der Waals surface area contributed by atoms with Gasteiger partial charge in [0.2, 0.25) is 5.95 Å². The monoisotopic (exact) mass is 492 g/mol. The molecule has 1 saturated heterocycles. The standard InChI is InChI=1S/C26H26F2N6O2/c1-33(2)17-13-34(14-17)21-10-22(35-3)20(9-23(21)36-4)31-26-30-12-19(28)25(32-26)16-8-15-6-5-7-18(27)24(15)29-11-16/h5-12,17H,13-14H2,1-4H3,(H,30,31,32). The maximum atomic E-state index is 14.7. The minimum Gasteiger partial charge on any atom is -0.494 e. The Morgan fingerprint density at radius 2 is 1.75 bits per heavy atom. The second-order valence-electron chi connectivity index (χ2n) is 8.80. The number of hydrogen-bond donors (Lipinski definition) is 1. The van der Waals surface area contributed by atoms with Gasteiger partial charge in [-0.3, -0.25) is 4.98 Å². The molecule has 2 aromatic carbocycles. The van der Waals surface area contributed by atoms with E-state index in [0.717, 1.165) is 25.0 Å². The minimum atomic E-state index is -0.619. The molecule has 5 rings (SSSR count). The Kier molecular flexibility index (Phi) is 6.27. The molecule has 1 N–H and O–H groups in total. The van der Waals surface area contributed by atoms with Crippen molar-refractivity contribution in [2.24, 2.45) is 0 Å². The van der Waals surface area contributed by atoms with E-state index in [1.54, 1.807) is 32.4 Å². The highest BCUT2D eigenvalue weighted by molar-refractivity contribution is 5.83. The average Bonchev–Trinajstić information content (AvgIpc) is 2.84. The quantitative estimate of drug-likeness (QED) is 0.405. The number of nitrogens with zero attached hydrogens (tertiary/aromatic N) is 5. The summed E-state index contributed by atoms with van der Waals surface area (Å²) in [5.41, 5.74) is 2.16. The number of hydrogen-bond acceptors (Lipinski definition) is 8. The maximum Gasteiger partial charge on any atom is 0.228 e. The van der Waals surface area contributed by atoms with Crippen molar-refractivity contribution < 1.29 is 18.3 Å². The maximum absolute atomic E-state index is 14.7.